The van der Waals surface area contributed by atoms with Gasteiger partial charge in [0.25, 0.3) is 0 Å². The SMILES string of the molecule is Cl.O=C(O)c1cc(NS(=O)(=O)CCC2CC2)ccc1OCCN1CCOCC1. The highest BCUT2D eigenvalue weighted by Crippen LogP contribution is 2.33. The number of benzene rings is 1. The zero-order chi connectivity index (χ0) is 19.3. The van der Waals surface area contributed by atoms with Gasteiger partial charge in [-0.2, -0.15) is 0 Å². The van der Waals surface area contributed by atoms with Crippen molar-refractivity contribution in [2.24, 2.45) is 5.92 Å². The van der Waals surface area contributed by atoms with Gasteiger partial charge in [-0.15, -0.1) is 12.4 Å². The van der Waals surface area contributed by atoms with Crippen molar-refractivity contribution >= 4 is 34.1 Å². The molecule has 1 aliphatic carbocycles. The Kier molecular flexibility index (Phi) is 8.36. The summed E-state index contributed by atoms with van der Waals surface area (Å²) in [5.41, 5.74) is 0.183. The first-order valence-electron chi connectivity index (χ1n) is 9.24. The van der Waals surface area contributed by atoms with Crippen molar-refractivity contribution in [3.8, 4) is 5.75 Å². The maximum absolute atomic E-state index is 12.1. The van der Waals surface area contributed by atoms with Crippen LogP contribution in [0.5, 0.6) is 5.75 Å². The number of morpholine rings is 1. The van der Waals surface area contributed by atoms with Crippen molar-refractivity contribution in [2.45, 2.75) is 19.3 Å². The van der Waals surface area contributed by atoms with Gasteiger partial charge in [-0.25, -0.2) is 13.2 Å². The van der Waals surface area contributed by atoms with E-state index in [1.807, 2.05) is 0 Å². The predicted molar refractivity (Wildman–Crippen MR) is 108 cm³/mol. The van der Waals surface area contributed by atoms with Crippen LogP contribution in [0.4, 0.5) is 5.69 Å². The lowest BCUT2D eigenvalue weighted by molar-refractivity contribution is 0.0321. The molecular formula is C18H27ClN2O6S. The Bertz CT molecular complexity index is 763. The van der Waals surface area contributed by atoms with Gasteiger partial charge in [-0.3, -0.25) is 9.62 Å². The first-order valence-corrected chi connectivity index (χ1v) is 10.9. The molecule has 28 heavy (non-hydrogen) atoms. The van der Waals surface area contributed by atoms with Crippen LogP contribution < -0.4 is 9.46 Å². The fourth-order valence-corrected chi connectivity index (χ4v) is 4.19. The van der Waals surface area contributed by atoms with Gasteiger partial charge in [0, 0.05) is 25.3 Å². The summed E-state index contributed by atoms with van der Waals surface area (Å²) >= 11 is 0. The summed E-state index contributed by atoms with van der Waals surface area (Å²) < 4.78 is 37.7. The molecule has 1 heterocycles. The van der Waals surface area contributed by atoms with E-state index in [0.29, 0.717) is 38.7 Å². The van der Waals surface area contributed by atoms with Gasteiger partial charge in [0.05, 0.1) is 19.0 Å². The van der Waals surface area contributed by atoms with Crippen molar-refractivity contribution < 1.29 is 27.8 Å². The second-order valence-electron chi connectivity index (χ2n) is 6.97. The molecule has 0 spiro atoms. The molecule has 1 saturated carbocycles. The molecule has 2 fully saturated rings. The number of hydrogen-bond acceptors (Lipinski definition) is 6. The molecule has 1 saturated heterocycles. The molecule has 1 aromatic rings. The van der Waals surface area contributed by atoms with Crippen molar-refractivity contribution in [3.05, 3.63) is 23.8 Å². The number of carbonyl (C=O) groups is 1. The zero-order valence-corrected chi connectivity index (χ0v) is 17.3. The Morgan fingerprint density at radius 2 is 2.00 bits per heavy atom. The van der Waals surface area contributed by atoms with Gasteiger partial charge < -0.3 is 14.6 Å². The van der Waals surface area contributed by atoms with Crippen molar-refractivity contribution in [1.29, 1.82) is 0 Å². The Labute approximate surface area is 171 Å². The normalized spacial score (nSPS) is 17.6. The minimum Gasteiger partial charge on any atom is -0.491 e. The van der Waals surface area contributed by atoms with E-state index < -0.39 is 16.0 Å². The minimum absolute atomic E-state index is 0. The molecule has 0 atom stereocenters. The average molecular weight is 435 g/mol. The van der Waals surface area contributed by atoms with Crippen molar-refractivity contribution in [3.63, 3.8) is 0 Å². The molecular weight excluding hydrogens is 408 g/mol. The molecule has 0 bridgehead atoms. The van der Waals surface area contributed by atoms with Crippen LogP contribution >= 0.6 is 12.4 Å². The number of anilines is 1. The second-order valence-corrected chi connectivity index (χ2v) is 8.81. The van der Waals surface area contributed by atoms with Crippen LogP contribution in [0.1, 0.15) is 29.6 Å². The van der Waals surface area contributed by atoms with Gasteiger partial charge in [-0.05, 0) is 30.5 Å². The van der Waals surface area contributed by atoms with E-state index in [1.54, 1.807) is 0 Å². The third-order valence-electron chi connectivity index (χ3n) is 4.74. The van der Waals surface area contributed by atoms with Gasteiger partial charge >= 0.3 is 5.97 Å². The first-order chi connectivity index (χ1) is 12.9. The van der Waals surface area contributed by atoms with Gasteiger partial charge in [-0.1, -0.05) is 12.8 Å². The lowest BCUT2D eigenvalue weighted by Crippen LogP contribution is -2.38. The molecule has 2 aliphatic rings. The molecule has 1 aromatic carbocycles. The topological polar surface area (TPSA) is 105 Å². The third kappa shape index (κ3) is 7.12. The summed E-state index contributed by atoms with van der Waals surface area (Å²) in [7, 11) is -3.48. The highest BCUT2D eigenvalue weighted by atomic mass is 35.5. The van der Waals surface area contributed by atoms with E-state index in [4.69, 9.17) is 9.47 Å². The van der Waals surface area contributed by atoms with E-state index in [9.17, 15) is 18.3 Å². The van der Waals surface area contributed by atoms with E-state index in [0.717, 1.165) is 25.9 Å². The lowest BCUT2D eigenvalue weighted by atomic mass is 10.2. The molecule has 3 rings (SSSR count). The van der Waals surface area contributed by atoms with E-state index in [2.05, 4.69) is 9.62 Å². The van der Waals surface area contributed by atoms with Crippen LogP contribution in [-0.2, 0) is 14.8 Å². The third-order valence-corrected chi connectivity index (χ3v) is 6.06. The van der Waals surface area contributed by atoms with Crippen molar-refractivity contribution in [2.75, 3.05) is 49.9 Å². The zero-order valence-electron chi connectivity index (χ0n) is 15.6. The number of sulfonamides is 1. The number of ether oxygens (including phenoxy) is 2. The van der Waals surface area contributed by atoms with Crippen LogP contribution in [0, 0.1) is 5.92 Å². The molecule has 8 nitrogen and oxygen atoms in total. The van der Waals surface area contributed by atoms with Gasteiger partial charge in [0.15, 0.2) is 0 Å². The Morgan fingerprint density at radius 3 is 2.64 bits per heavy atom. The van der Waals surface area contributed by atoms with Crippen LogP contribution in [-0.4, -0.2) is 69.6 Å². The summed E-state index contributed by atoms with van der Waals surface area (Å²) in [4.78, 5) is 13.7. The summed E-state index contributed by atoms with van der Waals surface area (Å²) in [6, 6.07) is 4.34. The standard InChI is InChI=1S/C18H26N2O6S.ClH/c21-18(22)16-13-15(19-27(23,24)12-5-14-1-2-14)3-4-17(16)26-11-8-20-6-9-25-10-7-20;/h3-4,13-14,19H,1-2,5-12H2,(H,21,22);1H. The second kappa shape index (κ2) is 10.3. The van der Waals surface area contributed by atoms with Crippen LogP contribution in [0.15, 0.2) is 18.2 Å². The van der Waals surface area contributed by atoms with E-state index in [-0.39, 0.29) is 35.2 Å². The summed E-state index contributed by atoms with van der Waals surface area (Å²) in [5, 5.41) is 9.44. The number of nitrogens with one attached hydrogen (secondary N) is 1. The fourth-order valence-electron chi connectivity index (χ4n) is 2.95. The smallest absolute Gasteiger partial charge is 0.339 e. The van der Waals surface area contributed by atoms with Gasteiger partial charge in [0.1, 0.15) is 17.9 Å². The number of rotatable bonds is 10. The summed E-state index contributed by atoms with van der Waals surface area (Å²) in [6.45, 7) is 4.07. The number of carboxylic acid groups (broad SMARTS) is 1. The van der Waals surface area contributed by atoms with E-state index >= 15 is 0 Å². The molecule has 2 N–H and O–H groups in total. The molecule has 158 valence electrons. The Hall–Kier alpha value is -1.55. The number of aromatic carboxylic acids is 1. The Morgan fingerprint density at radius 1 is 1.29 bits per heavy atom. The number of halogens is 1. The fraction of sp³-hybridized carbons (Fsp3) is 0.611. The Balaban J connectivity index is 0.00000280. The maximum Gasteiger partial charge on any atom is 0.339 e. The van der Waals surface area contributed by atoms with Crippen LogP contribution in [0.3, 0.4) is 0 Å². The number of hydrogen-bond donors (Lipinski definition) is 2. The predicted octanol–water partition coefficient (Wildman–Crippen LogP) is 2.06. The highest BCUT2D eigenvalue weighted by molar-refractivity contribution is 7.92. The molecule has 0 unspecified atom stereocenters. The van der Waals surface area contributed by atoms with Gasteiger partial charge in [0.2, 0.25) is 10.0 Å². The molecule has 0 aromatic heterocycles. The van der Waals surface area contributed by atoms with Crippen LogP contribution in [0.2, 0.25) is 0 Å². The first kappa shape index (κ1) is 22.7. The molecule has 1 aliphatic heterocycles. The molecule has 10 heteroatoms. The number of carboxylic acids is 1. The maximum atomic E-state index is 12.1. The average Bonchev–Trinajstić information content (AvgIpc) is 3.46. The van der Waals surface area contributed by atoms with E-state index in [1.165, 1.54) is 18.2 Å². The number of nitrogens with zero attached hydrogens (tertiary/aromatic N) is 1. The minimum atomic E-state index is -3.48. The molecule has 0 amide bonds. The summed E-state index contributed by atoms with van der Waals surface area (Å²) in [6.07, 6.45) is 2.83. The lowest BCUT2D eigenvalue weighted by Gasteiger charge is -2.26. The highest BCUT2D eigenvalue weighted by Gasteiger charge is 2.24. The summed E-state index contributed by atoms with van der Waals surface area (Å²) in [5.74, 6) is -0.358. The van der Waals surface area contributed by atoms with Crippen LogP contribution in [0.25, 0.3) is 0 Å². The van der Waals surface area contributed by atoms with Crippen molar-refractivity contribution in [1.82, 2.24) is 4.90 Å². The largest absolute Gasteiger partial charge is 0.491 e. The quantitative estimate of drug-likeness (QED) is 0.580. The molecule has 0 radical (unpaired) electrons. The monoisotopic (exact) mass is 434 g/mol.